The van der Waals surface area contributed by atoms with Crippen molar-refractivity contribution in [2.75, 3.05) is 5.32 Å². The summed E-state index contributed by atoms with van der Waals surface area (Å²) in [6, 6.07) is 6.19. The van der Waals surface area contributed by atoms with Gasteiger partial charge in [-0.25, -0.2) is 0 Å². The minimum Gasteiger partial charge on any atom is -0.323 e. The van der Waals surface area contributed by atoms with Gasteiger partial charge in [0.15, 0.2) is 0 Å². The zero-order chi connectivity index (χ0) is 13.8. The number of rotatable bonds is 4. The van der Waals surface area contributed by atoms with Gasteiger partial charge in [-0.05, 0) is 0 Å². The third-order valence-corrected chi connectivity index (χ3v) is 2.53. The summed E-state index contributed by atoms with van der Waals surface area (Å²) in [5, 5.41) is 17.4. The number of hydrogen-bond acceptors (Lipinski definition) is 4. The van der Waals surface area contributed by atoms with Crippen LogP contribution in [0.1, 0.15) is 5.56 Å². The number of aryl methyl sites for hydroxylation is 1. The van der Waals surface area contributed by atoms with Crippen LogP contribution in [0.15, 0.2) is 36.7 Å². The molecule has 0 aliphatic rings. The minimum absolute atomic E-state index is 0.0496. The molecular weight excluding hydrogens is 248 g/mol. The number of carbonyl (C=O) groups excluding carboxylic acids is 1. The SMILES string of the molecule is Cn1cc(NC(=O)Cc2ccccc2[N+](=O)[O-])cn1. The van der Waals surface area contributed by atoms with Gasteiger partial charge in [-0.15, -0.1) is 0 Å². The lowest BCUT2D eigenvalue weighted by Gasteiger charge is -2.03. The number of para-hydroxylation sites is 1. The van der Waals surface area contributed by atoms with Gasteiger partial charge in [-0.3, -0.25) is 19.6 Å². The molecule has 2 aromatic rings. The number of hydrogen-bond donors (Lipinski definition) is 1. The summed E-state index contributed by atoms with van der Waals surface area (Å²) in [6.07, 6.45) is 3.11. The molecule has 98 valence electrons. The van der Waals surface area contributed by atoms with Crippen LogP contribution >= 0.6 is 0 Å². The summed E-state index contributed by atoms with van der Waals surface area (Å²) in [4.78, 5) is 22.1. The Hall–Kier alpha value is -2.70. The molecule has 1 aromatic heterocycles. The van der Waals surface area contributed by atoms with Crippen molar-refractivity contribution in [1.29, 1.82) is 0 Å². The fourth-order valence-corrected chi connectivity index (χ4v) is 1.70. The maximum atomic E-state index is 11.8. The van der Waals surface area contributed by atoms with Crippen molar-refractivity contribution in [3.63, 3.8) is 0 Å². The largest absolute Gasteiger partial charge is 0.323 e. The Balaban J connectivity index is 2.09. The third kappa shape index (κ3) is 3.15. The second kappa shape index (κ2) is 5.30. The summed E-state index contributed by atoms with van der Waals surface area (Å²) in [7, 11) is 1.73. The van der Waals surface area contributed by atoms with Crippen LogP contribution in [0, 0.1) is 10.1 Å². The molecule has 0 saturated heterocycles. The van der Waals surface area contributed by atoms with Crippen molar-refractivity contribution in [2.45, 2.75) is 6.42 Å². The number of carbonyl (C=O) groups is 1. The third-order valence-electron chi connectivity index (χ3n) is 2.53. The Morgan fingerprint density at radius 2 is 2.21 bits per heavy atom. The molecule has 0 bridgehead atoms. The molecule has 0 aliphatic heterocycles. The minimum atomic E-state index is -0.493. The number of amides is 1. The van der Waals surface area contributed by atoms with Gasteiger partial charge < -0.3 is 5.32 Å². The molecule has 0 spiro atoms. The van der Waals surface area contributed by atoms with E-state index in [1.54, 1.807) is 36.1 Å². The van der Waals surface area contributed by atoms with E-state index in [4.69, 9.17) is 0 Å². The summed E-state index contributed by atoms with van der Waals surface area (Å²) in [6.45, 7) is 0. The lowest BCUT2D eigenvalue weighted by molar-refractivity contribution is -0.385. The molecule has 0 fully saturated rings. The number of nitrogens with zero attached hydrogens (tertiary/aromatic N) is 3. The molecule has 1 heterocycles. The number of nitrogens with one attached hydrogen (secondary N) is 1. The monoisotopic (exact) mass is 260 g/mol. The van der Waals surface area contributed by atoms with Crippen molar-refractivity contribution in [1.82, 2.24) is 9.78 Å². The topological polar surface area (TPSA) is 90.1 Å². The summed E-state index contributed by atoms with van der Waals surface area (Å²) in [5.74, 6) is -0.317. The normalized spacial score (nSPS) is 10.2. The molecule has 19 heavy (non-hydrogen) atoms. The Bertz CT molecular complexity index is 621. The van der Waals surface area contributed by atoms with Crippen LogP contribution in [-0.2, 0) is 18.3 Å². The van der Waals surface area contributed by atoms with E-state index in [-0.39, 0.29) is 18.0 Å². The molecule has 0 aliphatic carbocycles. The first kappa shape index (κ1) is 12.7. The predicted molar refractivity (Wildman–Crippen MR) is 68.6 cm³/mol. The highest BCUT2D eigenvalue weighted by atomic mass is 16.6. The molecule has 0 saturated carbocycles. The van der Waals surface area contributed by atoms with Crippen molar-refractivity contribution in [3.8, 4) is 0 Å². The summed E-state index contributed by atoms with van der Waals surface area (Å²) < 4.78 is 1.56. The second-order valence-corrected chi connectivity index (χ2v) is 4.01. The molecule has 1 aromatic carbocycles. The second-order valence-electron chi connectivity index (χ2n) is 4.01. The van der Waals surface area contributed by atoms with Crippen LogP contribution in [0.5, 0.6) is 0 Å². The lowest BCUT2D eigenvalue weighted by Crippen LogP contribution is -2.14. The summed E-state index contributed by atoms with van der Waals surface area (Å²) in [5.41, 5.74) is 0.892. The van der Waals surface area contributed by atoms with E-state index in [0.717, 1.165) is 0 Å². The molecule has 2 rings (SSSR count). The quantitative estimate of drug-likeness (QED) is 0.666. The van der Waals surface area contributed by atoms with Crippen molar-refractivity contribution in [2.24, 2.45) is 7.05 Å². The number of nitro groups is 1. The molecule has 0 radical (unpaired) electrons. The van der Waals surface area contributed by atoms with E-state index >= 15 is 0 Å². The van der Waals surface area contributed by atoms with Crippen molar-refractivity contribution in [3.05, 3.63) is 52.3 Å². The number of benzene rings is 1. The van der Waals surface area contributed by atoms with Crippen LogP contribution in [0.25, 0.3) is 0 Å². The molecule has 7 nitrogen and oxygen atoms in total. The van der Waals surface area contributed by atoms with Gasteiger partial charge in [-0.1, -0.05) is 18.2 Å². The first-order chi connectivity index (χ1) is 9.06. The van der Waals surface area contributed by atoms with E-state index in [1.165, 1.54) is 12.3 Å². The van der Waals surface area contributed by atoms with Crippen LogP contribution < -0.4 is 5.32 Å². The van der Waals surface area contributed by atoms with Gasteiger partial charge in [-0.2, -0.15) is 5.10 Å². The Morgan fingerprint density at radius 3 is 2.84 bits per heavy atom. The number of aromatic nitrogens is 2. The smallest absolute Gasteiger partial charge is 0.273 e. The molecule has 0 atom stereocenters. The van der Waals surface area contributed by atoms with Gasteiger partial charge in [0.2, 0.25) is 5.91 Å². The van der Waals surface area contributed by atoms with Crippen LogP contribution in [0.2, 0.25) is 0 Å². The highest BCUT2D eigenvalue weighted by Gasteiger charge is 2.15. The fourth-order valence-electron chi connectivity index (χ4n) is 1.70. The molecule has 0 unspecified atom stereocenters. The Kier molecular flexibility index (Phi) is 3.56. The zero-order valence-electron chi connectivity index (χ0n) is 10.2. The van der Waals surface area contributed by atoms with Gasteiger partial charge in [0.1, 0.15) is 0 Å². The average molecular weight is 260 g/mol. The number of anilines is 1. The fraction of sp³-hybridized carbons (Fsp3) is 0.167. The van der Waals surface area contributed by atoms with Crippen LogP contribution in [-0.4, -0.2) is 20.6 Å². The molecule has 1 amide bonds. The number of nitro benzene ring substituents is 1. The van der Waals surface area contributed by atoms with Crippen molar-refractivity contribution >= 4 is 17.3 Å². The summed E-state index contributed by atoms with van der Waals surface area (Å²) >= 11 is 0. The highest BCUT2D eigenvalue weighted by molar-refractivity contribution is 5.92. The van der Waals surface area contributed by atoms with Crippen molar-refractivity contribution < 1.29 is 9.72 Å². The van der Waals surface area contributed by atoms with Crippen LogP contribution in [0.4, 0.5) is 11.4 Å². The van der Waals surface area contributed by atoms with E-state index in [0.29, 0.717) is 11.3 Å². The standard InChI is InChI=1S/C12H12N4O3/c1-15-8-10(7-13-15)14-12(17)6-9-4-2-3-5-11(9)16(18)19/h2-5,7-8H,6H2,1H3,(H,14,17). The lowest BCUT2D eigenvalue weighted by atomic mass is 10.1. The van der Waals surface area contributed by atoms with Gasteiger partial charge in [0.05, 0.1) is 23.2 Å². The Morgan fingerprint density at radius 1 is 1.47 bits per heavy atom. The Labute approximate surface area is 109 Å². The molecule has 1 N–H and O–H groups in total. The van der Waals surface area contributed by atoms with Gasteiger partial charge in [0.25, 0.3) is 5.69 Å². The molecule has 7 heteroatoms. The predicted octanol–water partition coefficient (Wildman–Crippen LogP) is 1.51. The van der Waals surface area contributed by atoms with Gasteiger partial charge in [0, 0.05) is 24.9 Å². The van der Waals surface area contributed by atoms with Crippen LogP contribution in [0.3, 0.4) is 0 Å². The first-order valence-electron chi connectivity index (χ1n) is 5.57. The van der Waals surface area contributed by atoms with E-state index in [2.05, 4.69) is 10.4 Å². The average Bonchev–Trinajstić information content (AvgIpc) is 2.75. The van der Waals surface area contributed by atoms with E-state index < -0.39 is 4.92 Å². The zero-order valence-corrected chi connectivity index (χ0v) is 10.2. The highest BCUT2D eigenvalue weighted by Crippen LogP contribution is 2.18. The maximum absolute atomic E-state index is 11.8. The first-order valence-corrected chi connectivity index (χ1v) is 5.57. The maximum Gasteiger partial charge on any atom is 0.273 e. The van der Waals surface area contributed by atoms with Gasteiger partial charge >= 0.3 is 0 Å². The molecular formula is C12H12N4O3. The van der Waals surface area contributed by atoms with E-state index in [9.17, 15) is 14.9 Å². The van der Waals surface area contributed by atoms with E-state index in [1.807, 2.05) is 0 Å².